The average Bonchev–Trinajstić information content (AvgIpc) is 3.35. The molecule has 7 nitrogen and oxygen atoms in total. The first-order valence-electron chi connectivity index (χ1n) is 13.8. The molecule has 2 heterocycles. The normalized spacial score (nSPS) is 20.9. The highest BCUT2D eigenvalue weighted by Crippen LogP contribution is 2.34. The summed E-state index contributed by atoms with van der Waals surface area (Å²) in [6.07, 6.45) is 8.05. The SMILES string of the molecule is COc1cc(CC(=O)N[C@H]2CC[C@H](CCN3CCC(c4noc5cc(F)ccc45)CC3)CC2)cc(OC)c1. The van der Waals surface area contributed by atoms with E-state index in [1.54, 1.807) is 20.3 Å². The fourth-order valence-corrected chi connectivity index (χ4v) is 6.05. The Morgan fingerprint density at radius 3 is 2.42 bits per heavy atom. The number of rotatable bonds is 9. The summed E-state index contributed by atoms with van der Waals surface area (Å²) in [7, 11) is 3.23. The molecule has 0 spiro atoms. The number of nitrogens with zero attached hydrogens (tertiary/aromatic N) is 2. The summed E-state index contributed by atoms with van der Waals surface area (Å²) in [5, 5.41) is 8.45. The molecule has 0 atom stereocenters. The smallest absolute Gasteiger partial charge is 0.224 e. The maximum absolute atomic E-state index is 13.5. The van der Waals surface area contributed by atoms with Crippen molar-refractivity contribution in [2.24, 2.45) is 5.92 Å². The maximum atomic E-state index is 13.5. The third-order valence-electron chi connectivity index (χ3n) is 8.28. The largest absolute Gasteiger partial charge is 0.497 e. The van der Waals surface area contributed by atoms with E-state index in [2.05, 4.69) is 15.4 Å². The van der Waals surface area contributed by atoms with Gasteiger partial charge in [0.25, 0.3) is 0 Å². The third-order valence-corrected chi connectivity index (χ3v) is 8.28. The molecule has 2 aromatic carbocycles. The van der Waals surface area contributed by atoms with Gasteiger partial charge in [-0.05, 0) is 100 Å². The summed E-state index contributed by atoms with van der Waals surface area (Å²) in [4.78, 5) is 15.2. The minimum Gasteiger partial charge on any atom is -0.497 e. The predicted molar refractivity (Wildman–Crippen MR) is 144 cm³/mol. The van der Waals surface area contributed by atoms with Crippen LogP contribution in [0.2, 0.25) is 0 Å². The zero-order valence-corrected chi connectivity index (χ0v) is 22.4. The average molecular weight is 524 g/mol. The van der Waals surface area contributed by atoms with Gasteiger partial charge in [0.2, 0.25) is 5.91 Å². The second kappa shape index (κ2) is 12.2. The number of ether oxygens (including phenoxy) is 2. The van der Waals surface area contributed by atoms with E-state index in [0.29, 0.717) is 29.4 Å². The lowest BCUT2D eigenvalue weighted by Gasteiger charge is -2.34. The van der Waals surface area contributed by atoms with Crippen LogP contribution in [0, 0.1) is 11.7 Å². The van der Waals surface area contributed by atoms with Crippen LogP contribution in [0.25, 0.3) is 11.0 Å². The molecule has 1 aliphatic carbocycles. The van der Waals surface area contributed by atoms with Crippen molar-refractivity contribution in [1.82, 2.24) is 15.4 Å². The van der Waals surface area contributed by atoms with E-state index in [4.69, 9.17) is 14.0 Å². The number of amides is 1. The second-order valence-corrected chi connectivity index (χ2v) is 10.8. The van der Waals surface area contributed by atoms with Crippen LogP contribution in [0.4, 0.5) is 4.39 Å². The van der Waals surface area contributed by atoms with E-state index in [-0.39, 0.29) is 17.8 Å². The van der Waals surface area contributed by atoms with E-state index in [0.717, 1.165) is 80.7 Å². The van der Waals surface area contributed by atoms with Crippen LogP contribution in [-0.2, 0) is 11.2 Å². The van der Waals surface area contributed by atoms with Crippen molar-refractivity contribution in [2.75, 3.05) is 33.9 Å². The van der Waals surface area contributed by atoms with Crippen molar-refractivity contribution < 1.29 is 23.2 Å². The summed E-state index contributed by atoms with van der Waals surface area (Å²) in [6.45, 7) is 3.23. The van der Waals surface area contributed by atoms with Crippen molar-refractivity contribution in [3.05, 3.63) is 53.5 Å². The Morgan fingerprint density at radius 1 is 1.03 bits per heavy atom. The number of likely N-dealkylation sites (tertiary alicyclic amines) is 1. The highest BCUT2D eigenvalue weighted by atomic mass is 19.1. The van der Waals surface area contributed by atoms with Gasteiger partial charge in [-0.25, -0.2) is 4.39 Å². The number of hydrogen-bond acceptors (Lipinski definition) is 6. The van der Waals surface area contributed by atoms with Gasteiger partial charge in [0.1, 0.15) is 17.3 Å². The van der Waals surface area contributed by atoms with Crippen LogP contribution in [0.1, 0.15) is 62.1 Å². The zero-order valence-electron chi connectivity index (χ0n) is 22.4. The lowest BCUT2D eigenvalue weighted by Crippen LogP contribution is -2.39. The quantitative estimate of drug-likeness (QED) is 0.401. The summed E-state index contributed by atoms with van der Waals surface area (Å²) in [5.74, 6) is 2.24. The number of aromatic nitrogens is 1. The van der Waals surface area contributed by atoms with E-state index in [1.807, 2.05) is 18.2 Å². The molecule has 1 saturated heterocycles. The molecule has 2 fully saturated rings. The highest BCUT2D eigenvalue weighted by molar-refractivity contribution is 5.80. The Kier molecular flexibility index (Phi) is 8.47. The van der Waals surface area contributed by atoms with Gasteiger partial charge in [-0.3, -0.25) is 4.79 Å². The van der Waals surface area contributed by atoms with Crippen molar-refractivity contribution in [1.29, 1.82) is 0 Å². The monoisotopic (exact) mass is 523 g/mol. The number of fused-ring (bicyclic) bond motifs is 1. The van der Waals surface area contributed by atoms with E-state index in [1.165, 1.54) is 18.6 Å². The fraction of sp³-hybridized carbons (Fsp3) is 0.533. The molecular weight excluding hydrogens is 485 g/mol. The minimum atomic E-state index is -0.291. The first-order valence-corrected chi connectivity index (χ1v) is 13.8. The van der Waals surface area contributed by atoms with Crippen LogP contribution >= 0.6 is 0 Å². The number of methoxy groups -OCH3 is 2. The second-order valence-electron chi connectivity index (χ2n) is 10.8. The molecule has 1 N–H and O–H groups in total. The van der Waals surface area contributed by atoms with Crippen LogP contribution < -0.4 is 14.8 Å². The molecule has 0 bridgehead atoms. The molecule has 1 aliphatic heterocycles. The Bertz CT molecular complexity index is 1210. The number of halogens is 1. The molecule has 3 aromatic rings. The fourth-order valence-electron chi connectivity index (χ4n) is 6.05. The number of hydrogen-bond donors (Lipinski definition) is 1. The Morgan fingerprint density at radius 2 is 1.74 bits per heavy atom. The zero-order chi connectivity index (χ0) is 26.5. The minimum absolute atomic E-state index is 0.0525. The van der Waals surface area contributed by atoms with Crippen LogP contribution in [0.3, 0.4) is 0 Å². The standard InChI is InChI=1S/C30H38FN3O4/c1-36-25-15-21(16-26(19-25)37-2)17-29(35)32-24-6-3-20(4-7-24)9-12-34-13-10-22(11-14-34)30-27-8-5-23(31)18-28(27)38-33-30/h5,8,15-16,18-20,22,24H,3-4,6-7,9-14,17H2,1-2H3,(H,32,35)/t20-,24-. The Hall–Kier alpha value is -3.13. The molecule has 204 valence electrons. The first kappa shape index (κ1) is 26.5. The Labute approximate surface area is 223 Å². The predicted octanol–water partition coefficient (Wildman–Crippen LogP) is 5.47. The number of carbonyl (C=O) groups is 1. The van der Waals surface area contributed by atoms with Gasteiger partial charge in [0, 0.05) is 29.5 Å². The molecule has 5 rings (SSSR count). The van der Waals surface area contributed by atoms with Crippen LogP contribution in [0.15, 0.2) is 40.9 Å². The number of piperidine rings is 1. The molecule has 1 amide bonds. The van der Waals surface area contributed by atoms with E-state index >= 15 is 0 Å². The van der Waals surface area contributed by atoms with Gasteiger partial charge in [0.05, 0.1) is 26.3 Å². The van der Waals surface area contributed by atoms with Gasteiger partial charge < -0.3 is 24.2 Å². The van der Waals surface area contributed by atoms with Crippen molar-refractivity contribution in [2.45, 2.75) is 63.3 Å². The third kappa shape index (κ3) is 6.46. The van der Waals surface area contributed by atoms with E-state index in [9.17, 15) is 9.18 Å². The lowest BCUT2D eigenvalue weighted by molar-refractivity contribution is -0.121. The lowest BCUT2D eigenvalue weighted by atomic mass is 9.83. The number of benzene rings is 2. The van der Waals surface area contributed by atoms with Gasteiger partial charge in [0.15, 0.2) is 5.58 Å². The Balaban J connectivity index is 1.01. The summed E-state index contributed by atoms with van der Waals surface area (Å²) in [5.41, 5.74) is 2.40. The van der Waals surface area contributed by atoms with Crippen molar-refractivity contribution >= 4 is 16.9 Å². The summed E-state index contributed by atoms with van der Waals surface area (Å²) in [6, 6.07) is 10.5. The summed E-state index contributed by atoms with van der Waals surface area (Å²) < 4.78 is 29.5. The van der Waals surface area contributed by atoms with Gasteiger partial charge in [-0.15, -0.1) is 0 Å². The highest BCUT2D eigenvalue weighted by Gasteiger charge is 2.27. The number of carbonyl (C=O) groups excluding carboxylic acids is 1. The van der Waals surface area contributed by atoms with Crippen molar-refractivity contribution in [3.63, 3.8) is 0 Å². The van der Waals surface area contributed by atoms with Gasteiger partial charge in [-0.1, -0.05) is 5.16 Å². The molecule has 8 heteroatoms. The molecule has 0 unspecified atom stereocenters. The molecule has 0 radical (unpaired) electrons. The molecule has 38 heavy (non-hydrogen) atoms. The van der Waals surface area contributed by atoms with Crippen molar-refractivity contribution in [3.8, 4) is 11.5 Å². The molecule has 2 aliphatic rings. The topological polar surface area (TPSA) is 76.8 Å². The molecule has 1 aromatic heterocycles. The molecular formula is C30H38FN3O4. The first-order chi connectivity index (χ1) is 18.5. The molecule has 1 saturated carbocycles. The van der Waals surface area contributed by atoms with Crippen LogP contribution in [0.5, 0.6) is 11.5 Å². The van der Waals surface area contributed by atoms with E-state index < -0.39 is 0 Å². The van der Waals surface area contributed by atoms with Gasteiger partial charge >= 0.3 is 0 Å². The van der Waals surface area contributed by atoms with Crippen LogP contribution in [-0.4, -0.2) is 55.9 Å². The summed E-state index contributed by atoms with van der Waals surface area (Å²) >= 11 is 0. The van der Waals surface area contributed by atoms with Gasteiger partial charge in [-0.2, -0.15) is 0 Å². The maximum Gasteiger partial charge on any atom is 0.224 e. The number of nitrogens with one attached hydrogen (secondary N) is 1.